The summed E-state index contributed by atoms with van der Waals surface area (Å²) in [5.41, 5.74) is 0.0194. The number of rotatable bonds is 3. The van der Waals surface area contributed by atoms with Crippen LogP contribution in [0.2, 0.25) is 0 Å². The van der Waals surface area contributed by atoms with Crippen LogP contribution in [-0.2, 0) is 0 Å². The summed E-state index contributed by atoms with van der Waals surface area (Å²) in [5.74, 6) is 0. The van der Waals surface area contributed by atoms with Gasteiger partial charge in [0.2, 0.25) is 0 Å². The van der Waals surface area contributed by atoms with Crippen molar-refractivity contribution in [2.45, 2.75) is 45.4 Å². The molecule has 0 radical (unpaired) electrons. The number of hydrogen-bond acceptors (Lipinski definition) is 3. The predicted octanol–water partition coefficient (Wildman–Crippen LogP) is 2.56. The zero-order valence-electron chi connectivity index (χ0n) is 9.53. The summed E-state index contributed by atoms with van der Waals surface area (Å²) < 4.78 is 0. The number of aliphatic hydroxyl groups excluding tert-OH is 1. The molecule has 2 rings (SSSR count). The molecule has 0 aromatic carbocycles. The van der Waals surface area contributed by atoms with Gasteiger partial charge in [0, 0.05) is 22.4 Å². The van der Waals surface area contributed by atoms with Gasteiger partial charge in [-0.3, -0.25) is 0 Å². The fourth-order valence-corrected chi connectivity index (χ4v) is 2.85. The first-order valence-corrected chi connectivity index (χ1v) is 6.37. The third-order valence-corrected chi connectivity index (χ3v) is 4.69. The van der Waals surface area contributed by atoms with Gasteiger partial charge in [0.05, 0.1) is 6.10 Å². The van der Waals surface area contributed by atoms with Gasteiger partial charge in [-0.15, -0.1) is 11.3 Å². The monoisotopic (exact) mass is 225 g/mol. The second-order valence-corrected chi connectivity index (χ2v) is 6.01. The van der Waals surface area contributed by atoms with Gasteiger partial charge in [-0.25, -0.2) is 0 Å². The van der Waals surface area contributed by atoms with Crippen LogP contribution in [0.15, 0.2) is 17.5 Å². The summed E-state index contributed by atoms with van der Waals surface area (Å²) in [5, 5.41) is 15.3. The molecule has 0 spiro atoms. The summed E-state index contributed by atoms with van der Waals surface area (Å²) in [7, 11) is 0. The van der Waals surface area contributed by atoms with Gasteiger partial charge in [0.1, 0.15) is 0 Å². The summed E-state index contributed by atoms with van der Waals surface area (Å²) in [6, 6.07) is 5.06. The molecule has 1 saturated carbocycles. The SMILES string of the molecule is C[C@H](NC1CC(O)C1(C)C)c1cccs1. The molecule has 0 amide bonds. The van der Waals surface area contributed by atoms with Gasteiger partial charge < -0.3 is 10.4 Å². The van der Waals surface area contributed by atoms with Crippen molar-refractivity contribution in [3.05, 3.63) is 22.4 Å². The molecule has 2 N–H and O–H groups in total. The van der Waals surface area contributed by atoms with Gasteiger partial charge in [0.25, 0.3) is 0 Å². The maximum atomic E-state index is 9.65. The standard InChI is InChI=1S/C12H19NOS/c1-8(9-5-4-6-15-9)13-10-7-11(14)12(10,2)3/h4-6,8,10-11,13-14H,7H2,1-3H3/t8-,10?,11?/m0/s1. The highest BCUT2D eigenvalue weighted by atomic mass is 32.1. The van der Waals surface area contributed by atoms with Crippen LogP contribution in [0, 0.1) is 5.41 Å². The lowest BCUT2D eigenvalue weighted by Gasteiger charge is -2.50. The minimum absolute atomic E-state index is 0.0194. The molecule has 1 aromatic heterocycles. The molecule has 1 aromatic rings. The van der Waals surface area contributed by atoms with E-state index in [1.807, 2.05) is 0 Å². The fraction of sp³-hybridized carbons (Fsp3) is 0.667. The van der Waals surface area contributed by atoms with Crippen molar-refractivity contribution in [2.24, 2.45) is 5.41 Å². The summed E-state index contributed by atoms with van der Waals surface area (Å²) in [6.07, 6.45) is 0.730. The van der Waals surface area contributed by atoms with E-state index < -0.39 is 0 Å². The molecule has 1 aliphatic carbocycles. The Bertz CT molecular complexity index is 320. The lowest BCUT2D eigenvalue weighted by Crippen LogP contribution is -2.60. The number of aliphatic hydroxyl groups is 1. The minimum atomic E-state index is -0.148. The molecule has 0 saturated heterocycles. The Morgan fingerprint density at radius 2 is 2.33 bits per heavy atom. The maximum absolute atomic E-state index is 9.65. The molecule has 15 heavy (non-hydrogen) atoms. The van der Waals surface area contributed by atoms with Gasteiger partial charge in [0.15, 0.2) is 0 Å². The quantitative estimate of drug-likeness (QED) is 0.828. The Hall–Kier alpha value is -0.380. The lowest BCUT2D eigenvalue weighted by molar-refractivity contribution is -0.0753. The molecule has 0 bridgehead atoms. The van der Waals surface area contributed by atoms with E-state index in [9.17, 15) is 5.11 Å². The second-order valence-electron chi connectivity index (χ2n) is 5.03. The largest absolute Gasteiger partial charge is 0.392 e. The molecule has 3 heteroatoms. The Kier molecular flexibility index (Phi) is 2.88. The smallest absolute Gasteiger partial charge is 0.0621 e. The van der Waals surface area contributed by atoms with Crippen LogP contribution in [0.5, 0.6) is 0 Å². The molecule has 1 heterocycles. The zero-order valence-corrected chi connectivity index (χ0v) is 10.3. The Morgan fingerprint density at radius 3 is 2.80 bits per heavy atom. The molecule has 2 unspecified atom stereocenters. The highest BCUT2D eigenvalue weighted by Crippen LogP contribution is 2.41. The minimum Gasteiger partial charge on any atom is -0.392 e. The van der Waals surface area contributed by atoms with Crippen molar-refractivity contribution in [1.82, 2.24) is 5.32 Å². The Balaban J connectivity index is 1.94. The second kappa shape index (κ2) is 3.89. The first-order chi connectivity index (χ1) is 7.01. The Labute approximate surface area is 95.3 Å². The highest BCUT2D eigenvalue weighted by molar-refractivity contribution is 7.10. The Morgan fingerprint density at radius 1 is 1.60 bits per heavy atom. The van der Waals surface area contributed by atoms with Crippen LogP contribution in [0.1, 0.15) is 38.1 Å². The molecule has 84 valence electrons. The van der Waals surface area contributed by atoms with Crippen LogP contribution in [-0.4, -0.2) is 17.3 Å². The molecule has 1 aliphatic rings. The van der Waals surface area contributed by atoms with Crippen LogP contribution >= 0.6 is 11.3 Å². The normalized spacial score (nSPS) is 30.9. The summed E-state index contributed by atoms with van der Waals surface area (Å²) in [4.78, 5) is 1.37. The number of thiophene rings is 1. The van der Waals surface area contributed by atoms with Gasteiger partial charge in [-0.1, -0.05) is 19.9 Å². The first-order valence-electron chi connectivity index (χ1n) is 5.49. The first kappa shape index (κ1) is 11.1. The number of hydrogen-bond donors (Lipinski definition) is 2. The molecular formula is C12H19NOS. The van der Waals surface area contributed by atoms with E-state index in [2.05, 4.69) is 43.6 Å². The van der Waals surface area contributed by atoms with E-state index in [4.69, 9.17) is 0 Å². The maximum Gasteiger partial charge on any atom is 0.0621 e. The van der Waals surface area contributed by atoms with Crippen molar-refractivity contribution >= 4 is 11.3 Å². The summed E-state index contributed by atoms with van der Waals surface area (Å²) in [6.45, 7) is 6.44. The highest BCUT2D eigenvalue weighted by Gasteiger charge is 2.47. The van der Waals surface area contributed by atoms with Crippen molar-refractivity contribution in [3.8, 4) is 0 Å². The van der Waals surface area contributed by atoms with Crippen molar-refractivity contribution in [2.75, 3.05) is 0 Å². The average molecular weight is 225 g/mol. The molecular weight excluding hydrogens is 206 g/mol. The van der Waals surface area contributed by atoms with Gasteiger partial charge in [-0.05, 0) is 24.8 Å². The van der Waals surface area contributed by atoms with Crippen molar-refractivity contribution < 1.29 is 5.11 Å². The zero-order chi connectivity index (χ0) is 11.1. The van der Waals surface area contributed by atoms with Crippen LogP contribution in [0.25, 0.3) is 0 Å². The van der Waals surface area contributed by atoms with E-state index in [0.29, 0.717) is 12.1 Å². The molecule has 3 atom stereocenters. The van der Waals surface area contributed by atoms with E-state index in [-0.39, 0.29) is 11.5 Å². The van der Waals surface area contributed by atoms with Gasteiger partial charge in [-0.2, -0.15) is 0 Å². The average Bonchev–Trinajstić information content (AvgIpc) is 2.70. The fourth-order valence-electron chi connectivity index (χ4n) is 2.11. The third-order valence-electron chi connectivity index (χ3n) is 3.64. The summed E-state index contributed by atoms with van der Waals surface area (Å²) >= 11 is 1.78. The molecule has 0 aliphatic heterocycles. The number of nitrogens with one attached hydrogen (secondary N) is 1. The van der Waals surface area contributed by atoms with Gasteiger partial charge >= 0.3 is 0 Å². The van der Waals surface area contributed by atoms with E-state index in [1.165, 1.54) is 4.88 Å². The molecule has 1 fully saturated rings. The van der Waals surface area contributed by atoms with Crippen molar-refractivity contribution in [1.29, 1.82) is 0 Å². The van der Waals surface area contributed by atoms with Crippen molar-refractivity contribution in [3.63, 3.8) is 0 Å². The molecule has 2 nitrogen and oxygen atoms in total. The van der Waals surface area contributed by atoms with Crippen LogP contribution < -0.4 is 5.32 Å². The van der Waals surface area contributed by atoms with E-state index in [1.54, 1.807) is 11.3 Å². The third kappa shape index (κ3) is 1.96. The van der Waals surface area contributed by atoms with E-state index in [0.717, 1.165) is 6.42 Å². The lowest BCUT2D eigenvalue weighted by atomic mass is 9.64. The van der Waals surface area contributed by atoms with Crippen LogP contribution in [0.4, 0.5) is 0 Å². The van der Waals surface area contributed by atoms with E-state index >= 15 is 0 Å². The van der Waals surface area contributed by atoms with Crippen LogP contribution in [0.3, 0.4) is 0 Å². The topological polar surface area (TPSA) is 32.3 Å². The predicted molar refractivity (Wildman–Crippen MR) is 64.1 cm³/mol.